The molecule has 0 fully saturated rings. The number of rotatable bonds is 7. The molecule has 116 valence electrons. The van der Waals surface area contributed by atoms with Crippen LogP contribution < -0.4 is 10.6 Å². The van der Waals surface area contributed by atoms with Gasteiger partial charge in [-0.05, 0) is 18.6 Å². The average Bonchev–Trinajstić information content (AvgIpc) is 2.51. The summed E-state index contributed by atoms with van der Waals surface area (Å²) in [6.07, 6.45) is 0.326. The fourth-order valence-electron chi connectivity index (χ4n) is 1.68. The van der Waals surface area contributed by atoms with Gasteiger partial charge in [0.15, 0.2) is 0 Å². The van der Waals surface area contributed by atoms with Gasteiger partial charge in [-0.2, -0.15) is 0 Å². The summed E-state index contributed by atoms with van der Waals surface area (Å²) >= 11 is 0. The van der Waals surface area contributed by atoms with Gasteiger partial charge in [-0.3, -0.25) is 9.59 Å². The number of benzene rings is 1. The minimum absolute atomic E-state index is 0.156. The van der Waals surface area contributed by atoms with E-state index in [0.29, 0.717) is 6.42 Å². The lowest BCUT2D eigenvalue weighted by atomic mass is 9.98. The van der Waals surface area contributed by atoms with Crippen molar-refractivity contribution in [2.24, 2.45) is 0 Å². The van der Waals surface area contributed by atoms with Crippen molar-refractivity contribution in [1.29, 1.82) is 0 Å². The topological polar surface area (TPSA) is 98.7 Å². The third-order valence-electron chi connectivity index (χ3n) is 3.21. The maximum atomic E-state index is 13.4. The summed E-state index contributed by atoms with van der Waals surface area (Å²) in [5.74, 6) is -1.97. The number of halogens is 1. The molecular weight excluding hydrogens is 279 g/mol. The van der Waals surface area contributed by atoms with E-state index in [-0.39, 0.29) is 12.1 Å². The highest BCUT2D eigenvalue weighted by molar-refractivity contribution is 5.96. The first-order valence-electron chi connectivity index (χ1n) is 6.53. The molecule has 0 bridgehead atoms. The van der Waals surface area contributed by atoms with E-state index in [4.69, 9.17) is 0 Å². The number of aliphatic hydroxyl groups excluding tert-OH is 2. The van der Waals surface area contributed by atoms with E-state index in [2.05, 4.69) is 10.6 Å². The van der Waals surface area contributed by atoms with Crippen molar-refractivity contribution >= 4 is 11.8 Å². The summed E-state index contributed by atoms with van der Waals surface area (Å²) in [4.78, 5) is 23.4. The second kappa shape index (κ2) is 7.70. The van der Waals surface area contributed by atoms with Gasteiger partial charge < -0.3 is 20.8 Å². The molecule has 0 aliphatic carbocycles. The molecular formula is C14H19FN2O4. The molecule has 0 unspecified atom stereocenters. The van der Waals surface area contributed by atoms with E-state index >= 15 is 0 Å². The van der Waals surface area contributed by atoms with E-state index in [1.54, 1.807) is 6.92 Å². The van der Waals surface area contributed by atoms with Crippen molar-refractivity contribution in [1.82, 2.24) is 10.6 Å². The van der Waals surface area contributed by atoms with Crippen LogP contribution in [0.2, 0.25) is 0 Å². The monoisotopic (exact) mass is 298 g/mol. The molecule has 1 rings (SSSR count). The molecule has 2 amide bonds. The zero-order valence-electron chi connectivity index (χ0n) is 11.7. The van der Waals surface area contributed by atoms with E-state index in [1.807, 2.05) is 0 Å². The Hall–Kier alpha value is -1.99. The lowest BCUT2D eigenvalue weighted by Gasteiger charge is -2.29. The molecule has 0 atom stereocenters. The van der Waals surface area contributed by atoms with Crippen LogP contribution in [0.15, 0.2) is 24.3 Å². The number of carbonyl (C=O) groups is 2. The first-order valence-corrected chi connectivity index (χ1v) is 6.53. The van der Waals surface area contributed by atoms with Crippen LogP contribution in [0.4, 0.5) is 4.39 Å². The van der Waals surface area contributed by atoms with Crippen LogP contribution in [0.3, 0.4) is 0 Å². The van der Waals surface area contributed by atoms with E-state index in [9.17, 15) is 24.2 Å². The summed E-state index contributed by atoms with van der Waals surface area (Å²) < 4.78 is 13.4. The third kappa shape index (κ3) is 4.51. The summed E-state index contributed by atoms with van der Waals surface area (Å²) in [7, 11) is 0. The fourth-order valence-corrected chi connectivity index (χ4v) is 1.68. The molecule has 0 radical (unpaired) electrons. The molecule has 1 aromatic rings. The molecule has 0 spiro atoms. The molecule has 4 N–H and O–H groups in total. The van der Waals surface area contributed by atoms with Crippen molar-refractivity contribution < 1.29 is 24.2 Å². The molecule has 7 heteroatoms. The smallest absolute Gasteiger partial charge is 0.254 e. The third-order valence-corrected chi connectivity index (χ3v) is 3.21. The van der Waals surface area contributed by atoms with Crippen LogP contribution in [0.25, 0.3) is 0 Å². The van der Waals surface area contributed by atoms with Gasteiger partial charge in [-0.1, -0.05) is 19.1 Å². The van der Waals surface area contributed by atoms with Gasteiger partial charge in [0.25, 0.3) is 5.91 Å². The maximum absolute atomic E-state index is 13.4. The highest BCUT2D eigenvalue weighted by atomic mass is 19.1. The molecule has 21 heavy (non-hydrogen) atoms. The Morgan fingerprint density at radius 1 is 1.24 bits per heavy atom. The minimum atomic E-state index is -1.13. The Labute approximate surface area is 122 Å². The fraction of sp³-hybridized carbons (Fsp3) is 0.429. The second-order valence-corrected chi connectivity index (χ2v) is 4.66. The zero-order valence-corrected chi connectivity index (χ0v) is 11.7. The summed E-state index contributed by atoms with van der Waals surface area (Å²) in [6.45, 7) is 0.472. The Morgan fingerprint density at radius 2 is 1.86 bits per heavy atom. The number of carbonyl (C=O) groups excluding carboxylic acids is 2. The quantitative estimate of drug-likeness (QED) is 0.560. The predicted octanol–water partition coefficient (Wildman–Crippen LogP) is -0.195. The summed E-state index contributed by atoms with van der Waals surface area (Å²) in [5, 5.41) is 23.1. The zero-order chi connectivity index (χ0) is 15.9. The van der Waals surface area contributed by atoms with Crippen LogP contribution in [0.5, 0.6) is 0 Å². The van der Waals surface area contributed by atoms with E-state index < -0.39 is 36.4 Å². The van der Waals surface area contributed by atoms with Gasteiger partial charge in [-0.15, -0.1) is 0 Å². The first kappa shape index (κ1) is 17.1. The molecule has 0 saturated carbocycles. The van der Waals surface area contributed by atoms with Crippen LogP contribution in [-0.4, -0.2) is 47.3 Å². The van der Waals surface area contributed by atoms with Gasteiger partial charge >= 0.3 is 0 Å². The Balaban J connectivity index is 2.57. The van der Waals surface area contributed by atoms with Crippen molar-refractivity contribution in [2.45, 2.75) is 18.9 Å². The Morgan fingerprint density at radius 3 is 2.38 bits per heavy atom. The van der Waals surface area contributed by atoms with Crippen molar-refractivity contribution in [3.05, 3.63) is 35.6 Å². The van der Waals surface area contributed by atoms with Gasteiger partial charge in [0.2, 0.25) is 5.91 Å². The SMILES string of the molecule is CCC(CO)(CO)NC(=O)CNC(=O)c1ccccc1F. The largest absolute Gasteiger partial charge is 0.394 e. The van der Waals surface area contributed by atoms with Crippen molar-refractivity contribution in [3.63, 3.8) is 0 Å². The summed E-state index contributed by atoms with van der Waals surface area (Å²) in [5.41, 5.74) is -1.28. The Bertz CT molecular complexity index is 495. The van der Waals surface area contributed by atoms with Crippen LogP contribution in [-0.2, 0) is 4.79 Å². The average molecular weight is 298 g/mol. The van der Waals surface area contributed by atoms with Crippen molar-refractivity contribution in [2.75, 3.05) is 19.8 Å². The number of hydrogen-bond donors (Lipinski definition) is 4. The van der Waals surface area contributed by atoms with E-state index in [0.717, 1.165) is 6.07 Å². The maximum Gasteiger partial charge on any atom is 0.254 e. The highest BCUT2D eigenvalue weighted by Crippen LogP contribution is 2.08. The van der Waals surface area contributed by atoms with Crippen LogP contribution in [0.1, 0.15) is 23.7 Å². The standard InChI is InChI=1S/C14H19FN2O4/c1-2-14(8-18,9-19)17-12(20)7-16-13(21)10-5-3-4-6-11(10)15/h3-6,18-19H,2,7-9H2,1H3,(H,16,21)(H,17,20). The molecule has 0 aromatic heterocycles. The second-order valence-electron chi connectivity index (χ2n) is 4.66. The Kier molecular flexibility index (Phi) is 6.26. The number of aliphatic hydroxyl groups is 2. The highest BCUT2D eigenvalue weighted by Gasteiger charge is 2.28. The molecule has 1 aromatic carbocycles. The van der Waals surface area contributed by atoms with Crippen molar-refractivity contribution in [3.8, 4) is 0 Å². The molecule has 0 saturated heterocycles. The summed E-state index contributed by atoms with van der Waals surface area (Å²) in [6, 6.07) is 5.42. The van der Waals surface area contributed by atoms with Crippen LogP contribution >= 0.6 is 0 Å². The number of hydrogen-bond acceptors (Lipinski definition) is 4. The normalized spacial score (nSPS) is 11.0. The van der Waals surface area contributed by atoms with E-state index in [1.165, 1.54) is 18.2 Å². The molecule has 6 nitrogen and oxygen atoms in total. The molecule has 0 aliphatic heterocycles. The molecule has 0 aliphatic rings. The molecule has 0 heterocycles. The number of nitrogens with one attached hydrogen (secondary N) is 2. The minimum Gasteiger partial charge on any atom is -0.394 e. The van der Waals surface area contributed by atoms with Crippen LogP contribution in [0, 0.1) is 5.82 Å². The number of amides is 2. The van der Waals surface area contributed by atoms with Gasteiger partial charge in [0.05, 0.1) is 30.9 Å². The van der Waals surface area contributed by atoms with Gasteiger partial charge in [-0.25, -0.2) is 4.39 Å². The lowest BCUT2D eigenvalue weighted by molar-refractivity contribution is -0.123. The first-order chi connectivity index (χ1) is 9.98. The van der Waals surface area contributed by atoms with Gasteiger partial charge in [0, 0.05) is 0 Å². The predicted molar refractivity (Wildman–Crippen MR) is 74.1 cm³/mol. The van der Waals surface area contributed by atoms with Gasteiger partial charge in [0.1, 0.15) is 5.82 Å². The lowest BCUT2D eigenvalue weighted by Crippen LogP contribution is -2.55.